The molecule has 0 saturated heterocycles. The van der Waals surface area contributed by atoms with E-state index in [1.54, 1.807) is 13.2 Å². The van der Waals surface area contributed by atoms with Crippen LogP contribution in [0.25, 0.3) is 11.6 Å². The number of nitrogens with zero attached hydrogens (tertiary/aromatic N) is 1. The number of hydrogen-bond donors (Lipinski definition) is 1. The summed E-state index contributed by atoms with van der Waals surface area (Å²) in [7, 11) is 1.68. The molecule has 0 atom stereocenters. The van der Waals surface area contributed by atoms with Crippen LogP contribution in [0.4, 0.5) is 0 Å². The Morgan fingerprint density at radius 2 is 1.94 bits per heavy atom. The van der Waals surface area contributed by atoms with Gasteiger partial charge in [-0.2, -0.15) is 0 Å². The number of carbonyl (C=O) groups is 1. The maximum atomic E-state index is 11.8. The second-order valence-electron chi connectivity index (χ2n) is 8.72. The molecule has 0 fully saturated rings. The molecule has 0 radical (unpaired) electrons. The first-order valence-corrected chi connectivity index (χ1v) is 11.0. The number of nitrogens with one attached hydrogen (secondary N) is 1. The first-order chi connectivity index (χ1) is 15.3. The van der Waals surface area contributed by atoms with E-state index in [1.807, 2.05) is 45.1 Å². The summed E-state index contributed by atoms with van der Waals surface area (Å²) < 4.78 is 10.6. The Morgan fingerprint density at radius 1 is 1.19 bits per heavy atom. The van der Waals surface area contributed by atoms with Gasteiger partial charge in [0.2, 0.25) is 0 Å². The summed E-state index contributed by atoms with van der Waals surface area (Å²) in [5.74, 6) is 1.44. The summed E-state index contributed by atoms with van der Waals surface area (Å²) in [4.78, 5) is 20.3. The molecule has 0 saturated carbocycles. The first kappa shape index (κ1) is 23.3. The van der Waals surface area contributed by atoms with Gasteiger partial charge in [-0.3, -0.25) is 0 Å². The third kappa shape index (κ3) is 6.58. The van der Waals surface area contributed by atoms with Gasteiger partial charge in [0, 0.05) is 18.2 Å². The van der Waals surface area contributed by atoms with Crippen molar-refractivity contribution < 1.29 is 14.3 Å². The highest BCUT2D eigenvalue weighted by molar-refractivity contribution is 5.87. The Morgan fingerprint density at radius 3 is 2.59 bits per heavy atom. The lowest BCUT2D eigenvalue weighted by Gasteiger charge is -2.17. The van der Waals surface area contributed by atoms with Gasteiger partial charge >= 0.3 is 5.97 Å². The van der Waals surface area contributed by atoms with Crippen LogP contribution in [0.2, 0.25) is 0 Å². The molecule has 0 bridgehead atoms. The second kappa shape index (κ2) is 10.3. The lowest BCUT2D eigenvalue weighted by Crippen LogP contribution is -2.22. The highest BCUT2D eigenvalue weighted by Gasteiger charge is 2.15. The number of benzene rings is 1. The Labute approximate surface area is 190 Å². The fraction of sp³-hybridized carbons (Fsp3) is 0.333. The van der Waals surface area contributed by atoms with E-state index < -0.39 is 5.60 Å². The molecule has 1 N–H and O–H groups in total. The average molecular weight is 433 g/mol. The zero-order chi connectivity index (χ0) is 23.1. The second-order valence-corrected chi connectivity index (χ2v) is 8.72. The van der Waals surface area contributed by atoms with Crippen molar-refractivity contribution in [1.29, 1.82) is 0 Å². The SMILES string of the molecule is CCc1[nH]c(Cc2ccc(/C=C/C(=O)OC(C)(C)C)cc2)nc1C1=CC=C(OC)C=CC1. The number of esters is 1. The number of ether oxygens (including phenoxy) is 2. The van der Waals surface area contributed by atoms with Gasteiger partial charge in [0.1, 0.15) is 17.2 Å². The van der Waals surface area contributed by atoms with E-state index in [-0.39, 0.29) is 5.97 Å². The molecule has 0 aliphatic heterocycles. The molecule has 1 aliphatic rings. The van der Waals surface area contributed by atoms with Crippen LogP contribution in [0.1, 0.15) is 62.5 Å². The van der Waals surface area contributed by atoms with E-state index >= 15 is 0 Å². The average Bonchev–Trinajstić information content (AvgIpc) is 2.99. The molecule has 5 nitrogen and oxygen atoms in total. The summed E-state index contributed by atoms with van der Waals surface area (Å²) in [6, 6.07) is 8.11. The van der Waals surface area contributed by atoms with Crippen LogP contribution in [-0.2, 0) is 27.1 Å². The molecule has 168 valence electrons. The molecular formula is C27H32N2O3. The number of aromatic nitrogens is 2. The Balaban J connectivity index is 1.70. The molecule has 3 rings (SSSR count). The molecule has 1 aromatic carbocycles. The molecule has 0 amide bonds. The number of hydrogen-bond acceptors (Lipinski definition) is 4. The number of carbonyl (C=O) groups excluding carboxylic acids is 1. The molecule has 5 heteroatoms. The fourth-order valence-corrected chi connectivity index (χ4v) is 3.43. The molecule has 32 heavy (non-hydrogen) atoms. The summed E-state index contributed by atoms with van der Waals surface area (Å²) in [5, 5.41) is 0. The van der Waals surface area contributed by atoms with Gasteiger partial charge in [0.25, 0.3) is 0 Å². The maximum Gasteiger partial charge on any atom is 0.331 e. The highest BCUT2D eigenvalue weighted by atomic mass is 16.6. The van der Waals surface area contributed by atoms with Crippen LogP contribution in [0.5, 0.6) is 0 Å². The third-order valence-corrected chi connectivity index (χ3v) is 4.96. The van der Waals surface area contributed by atoms with Gasteiger partial charge in [-0.1, -0.05) is 43.3 Å². The molecule has 0 unspecified atom stereocenters. The first-order valence-electron chi connectivity index (χ1n) is 11.0. The largest absolute Gasteiger partial charge is 0.497 e. The van der Waals surface area contributed by atoms with Crippen molar-refractivity contribution in [2.75, 3.05) is 7.11 Å². The minimum Gasteiger partial charge on any atom is -0.497 e. The number of aromatic amines is 1. The van der Waals surface area contributed by atoms with Crippen LogP contribution in [0, 0.1) is 0 Å². The van der Waals surface area contributed by atoms with E-state index in [4.69, 9.17) is 14.5 Å². The van der Waals surface area contributed by atoms with Crippen molar-refractivity contribution in [2.45, 2.75) is 52.6 Å². The summed E-state index contributed by atoms with van der Waals surface area (Å²) in [6.45, 7) is 7.70. The fourth-order valence-electron chi connectivity index (χ4n) is 3.43. The zero-order valence-corrected chi connectivity index (χ0v) is 19.6. The molecule has 2 aromatic rings. The highest BCUT2D eigenvalue weighted by Crippen LogP contribution is 2.25. The van der Waals surface area contributed by atoms with Crippen molar-refractivity contribution in [3.05, 3.63) is 88.7 Å². The van der Waals surface area contributed by atoms with Gasteiger partial charge in [-0.05, 0) is 68.5 Å². The number of H-pyrrole nitrogens is 1. The lowest BCUT2D eigenvalue weighted by atomic mass is 10.1. The summed E-state index contributed by atoms with van der Waals surface area (Å²) in [5.41, 5.74) is 4.96. The normalized spacial score (nSPS) is 14.2. The monoisotopic (exact) mass is 432 g/mol. The van der Waals surface area contributed by atoms with Crippen molar-refractivity contribution in [1.82, 2.24) is 9.97 Å². The zero-order valence-electron chi connectivity index (χ0n) is 19.6. The summed E-state index contributed by atoms with van der Waals surface area (Å²) in [6.07, 6.45) is 13.8. The number of aryl methyl sites for hydroxylation is 1. The van der Waals surface area contributed by atoms with E-state index in [2.05, 4.69) is 36.2 Å². The van der Waals surface area contributed by atoms with Crippen molar-refractivity contribution in [3.8, 4) is 0 Å². The Hall–Kier alpha value is -3.34. The van der Waals surface area contributed by atoms with Crippen LogP contribution in [0.3, 0.4) is 0 Å². The van der Waals surface area contributed by atoms with E-state index in [9.17, 15) is 4.79 Å². The molecule has 1 heterocycles. The molecular weight excluding hydrogens is 400 g/mol. The Bertz CT molecular complexity index is 1060. The smallest absolute Gasteiger partial charge is 0.331 e. The number of rotatable bonds is 7. The standard InChI is InChI=1S/C27H32N2O3/c1-6-23-26(21-8-7-9-22(31-5)16-15-21)29-24(28-23)18-20-12-10-19(11-13-20)14-17-25(30)32-27(2,3)4/h7,9-17H,6,8,18H2,1-5H3,(H,28,29)/b17-14+. The maximum absolute atomic E-state index is 11.8. The van der Waals surface area contributed by atoms with Crippen LogP contribution < -0.4 is 0 Å². The van der Waals surface area contributed by atoms with Gasteiger partial charge in [-0.25, -0.2) is 9.78 Å². The van der Waals surface area contributed by atoms with E-state index in [1.165, 1.54) is 11.6 Å². The van der Waals surface area contributed by atoms with Crippen molar-refractivity contribution in [2.24, 2.45) is 0 Å². The number of imidazole rings is 1. The predicted octanol–water partition coefficient (Wildman–Crippen LogP) is 5.79. The van der Waals surface area contributed by atoms with Gasteiger partial charge in [0.15, 0.2) is 0 Å². The van der Waals surface area contributed by atoms with E-state index in [0.29, 0.717) is 6.42 Å². The van der Waals surface area contributed by atoms with Crippen LogP contribution in [0.15, 0.2) is 60.4 Å². The minimum atomic E-state index is -0.490. The lowest BCUT2D eigenvalue weighted by molar-refractivity contribution is -0.148. The number of allylic oxidation sites excluding steroid dienone is 5. The van der Waals surface area contributed by atoms with Crippen LogP contribution >= 0.6 is 0 Å². The van der Waals surface area contributed by atoms with Gasteiger partial charge < -0.3 is 14.5 Å². The van der Waals surface area contributed by atoms with Crippen molar-refractivity contribution >= 4 is 17.6 Å². The molecule has 1 aliphatic carbocycles. The van der Waals surface area contributed by atoms with E-state index in [0.717, 1.165) is 46.9 Å². The quantitative estimate of drug-likeness (QED) is 0.444. The Kier molecular flexibility index (Phi) is 7.52. The van der Waals surface area contributed by atoms with Crippen LogP contribution in [-0.4, -0.2) is 28.6 Å². The van der Waals surface area contributed by atoms with Gasteiger partial charge in [0.05, 0.1) is 12.8 Å². The number of methoxy groups -OCH3 is 1. The summed E-state index contributed by atoms with van der Waals surface area (Å²) >= 11 is 0. The molecule has 0 spiro atoms. The predicted molar refractivity (Wildman–Crippen MR) is 129 cm³/mol. The minimum absolute atomic E-state index is 0.341. The topological polar surface area (TPSA) is 64.2 Å². The van der Waals surface area contributed by atoms with Crippen molar-refractivity contribution in [3.63, 3.8) is 0 Å². The van der Waals surface area contributed by atoms with Gasteiger partial charge in [-0.15, -0.1) is 0 Å². The molecule has 1 aromatic heterocycles. The third-order valence-electron chi connectivity index (χ3n) is 4.96.